The summed E-state index contributed by atoms with van der Waals surface area (Å²) < 4.78 is 5.36. The average molecular weight is 250 g/mol. The van der Waals surface area contributed by atoms with Crippen LogP contribution in [0.5, 0.6) is 5.75 Å². The molecular weight excluding hydrogens is 224 g/mol. The first kappa shape index (κ1) is 15.0. The normalized spacial score (nSPS) is 13.7. The highest BCUT2D eigenvalue weighted by molar-refractivity contribution is 5.35. The van der Waals surface area contributed by atoms with Crippen LogP contribution < -0.4 is 10.5 Å². The van der Waals surface area contributed by atoms with Gasteiger partial charge in [0, 0.05) is 23.7 Å². The van der Waals surface area contributed by atoms with Crippen molar-refractivity contribution in [2.75, 3.05) is 20.7 Å². The summed E-state index contributed by atoms with van der Waals surface area (Å²) in [6, 6.07) is 7.94. The summed E-state index contributed by atoms with van der Waals surface area (Å²) in [4.78, 5) is 2.31. The molecule has 0 amide bonds. The Balaban J connectivity index is 2.79. The Morgan fingerprint density at radius 3 is 2.50 bits per heavy atom. The minimum Gasteiger partial charge on any atom is -0.496 e. The molecule has 0 aromatic heterocycles. The number of hydrogen-bond acceptors (Lipinski definition) is 3. The zero-order valence-corrected chi connectivity index (χ0v) is 12.2. The second kappa shape index (κ2) is 6.21. The molecule has 3 heteroatoms. The van der Waals surface area contributed by atoms with Crippen molar-refractivity contribution < 1.29 is 4.74 Å². The molecule has 3 nitrogen and oxygen atoms in total. The summed E-state index contributed by atoms with van der Waals surface area (Å²) in [6.45, 7) is 7.50. The van der Waals surface area contributed by atoms with E-state index >= 15 is 0 Å². The monoisotopic (exact) mass is 250 g/mol. The Labute approximate surface area is 111 Å². The van der Waals surface area contributed by atoms with Gasteiger partial charge in [0.05, 0.1) is 7.11 Å². The highest BCUT2D eigenvalue weighted by Crippen LogP contribution is 2.26. The Kier molecular flexibility index (Phi) is 5.17. The van der Waals surface area contributed by atoms with Crippen molar-refractivity contribution in [1.82, 2.24) is 4.90 Å². The zero-order chi connectivity index (χ0) is 13.8. The molecule has 0 saturated carbocycles. The van der Waals surface area contributed by atoms with Crippen molar-refractivity contribution in [1.29, 1.82) is 0 Å². The predicted molar refractivity (Wildman–Crippen MR) is 76.9 cm³/mol. The van der Waals surface area contributed by atoms with Crippen LogP contribution in [0.15, 0.2) is 24.3 Å². The Morgan fingerprint density at radius 2 is 1.94 bits per heavy atom. The van der Waals surface area contributed by atoms with Crippen molar-refractivity contribution in [3.63, 3.8) is 0 Å². The lowest BCUT2D eigenvalue weighted by atomic mass is 9.98. The maximum atomic E-state index is 6.30. The smallest absolute Gasteiger partial charge is 0.123 e. The van der Waals surface area contributed by atoms with Gasteiger partial charge in [0.2, 0.25) is 0 Å². The number of nitrogens with zero attached hydrogens (tertiary/aromatic N) is 1. The van der Waals surface area contributed by atoms with E-state index in [0.29, 0.717) is 0 Å². The van der Waals surface area contributed by atoms with E-state index in [-0.39, 0.29) is 11.6 Å². The quantitative estimate of drug-likeness (QED) is 0.843. The fraction of sp³-hybridized carbons (Fsp3) is 0.600. The summed E-state index contributed by atoms with van der Waals surface area (Å²) >= 11 is 0. The molecule has 1 atom stereocenters. The first-order valence-corrected chi connectivity index (χ1v) is 6.52. The van der Waals surface area contributed by atoms with Crippen molar-refractivity contribution in [3.05, 3.63) is 29.8 Å². The summed E-state index contributed by atoms with van der Waals surface area (Å²) in [5.74, 6) is 0.868. The summed E-state index contributed by atoms with van der Waals surface area (Å²) in [6.07, 6.45) is 1.10. The minimum atomic E-state index is -0.0306. The lowest BCUT2D eigenvalue weighted by Gasteiger charge is -2.36. The number of para-hydroxylation sites is 1. The molecule has 0 heterocycles. The van der Waals surface area contributed by atoms with E-state index < -0.39 is 0 Å². The average Bonchev–Trinajstić information content (AvgIpc) is 2.38. The van der Waals surface area contributed by atoms with Crippen molar-refractivity contribution >= 4 is 0 Å². The lowest BCUT2D eigenvalue weighted by molar-refractivity contribution is 0.142. The number of hydrogen-bond donors (Lipinski definition) is 1. The molecule has 0 fully saturated rings. The maximum absolute atomic E-state index is 6.30. The van der Waals surface area contributed by atoms with Gasteiger partial charge >= 0.3 is 0 Å². The van der Waals surface area contributed by atoms with E-state index in [0.717, 1.165) is 24.3 Å². The van der Waals surface area contributed by atoms with Crippen molar-refractivity contribution in [3.8, 4) is 5.75 Å². The third kappa shape index (κ3) is 3.47. The Bertz CT molecular complexity index is 377. The molecule has 0 aliphatic heterocycles. The third-order valence-corrected chi connectivity index (χ3v) is 3.91. The summed E-state index contributed by atoms with van der Waals surface area (Å²) in [7, 11) is 3.81. The molecule has 18 heavy (non-hydrogen) atoms. The lowest BCUT2D eigenvalue weighted by Crippen LogP contribution is -2.44. The topological polar surface area (TPSA) is 38.5 Å². The van der Waals surface area contributed by atoms with Gasteiger partial charge in [-0.15, -0.1) is 0 Å². The third-order valence-electron chi connectivity index (χ3n) is 3.91. The molecule has 1 rings (SSSR count). The molecule has 102 valence electrons. The molecule has 1 aromatic rings. The van der Waals surface area contributed by atoms with E-state index in [2.05, 4.69) is 32.7 Å². The van der Waals surface area contributed by atoms with Gasteiger partial charge in [-0.2, -0.15) is 0 Å². The maximum Gasteiger partial charge on any atom is 0.123 e. The van der Waals surface area contributed by atoms with Gasteiger partial charge in [0.25, 0.3) is 0 Å². The molecule has 0 aliphatic rings. The molecule has 2 N–H and O–H groups in total. The molecule has 1 unspecified atom stereocenters. The number of rotatable bonds is 6. The van der Waals surface area contributed by atoms with Crippen LogP contribution in [-0.2, 0) is 0 Å². The van der Waals surface area contributed by atoms with Crippen LogP contribution in [-0.4, -0.2) is 31.1 Å². The van der Waals surface area contributed by atoms with Crippen molar-refractivity contribution in [2.24, 2.45) is 5.73 Å². The van der Waals surface area contributed by atoms with Crippen LogP contribution in [0.4, 0.5) is 0 Å². The predicted octanol–water partition coefficient (Wildman–Crippen LogP) is 2.82. The molecule has 0 spiro atoms. The summed E-state index contributed by atoms with van der Waals surface area (Å²) in [5, 5.41) is 0. The van der Waals surface area contributed by atoms with Crippen LogP contribution in [0.2, 0.25) is 0 Å². The first-order valence-electron chi connectivity index (χ1n) is 6.52. The Morgan fingerprint density at radius 1 is 1.33 bits per heavy atom. The highest BCUT2D eigenvalue weighted by Gasteiger charge is 2.24. The van der Waals surface area contributed by atoms with Gasteiger partial charge in [-0.25, -0.2) is 0 Å². The minimum absolute atomic E-state index is 0.0306. The Hall–Kier alpha value is -1.06. The fourth-order valence-corrected chi connectivity index (χ4v) is 1.88. The molecule has 0 bridgehead atoms. The van der Waals surface area contributed by atoms with E-state index in [1.54, 1.807) is 7.11 Å². The van der Waals surface area contributed by atoms with Crippen LogP contribution in [0.3, 0.4) is 0 Å². The number of likely N-dealkylation sites (N-methyl/N-ethyl adjacent to an activating group) is 1. The standard InChI is InChI=1S/C15H26N2O/c1-6-15(2,3)17(4)11-13(16)12-9-7-8-10-14(12)18-5/h7-10,13H,6,11,16H2,1-5H3. The van der Waals surface area contributed by atoms with E-state index in [4.69, 9.17) is 10.5 Å². The number of benzene rings is 1. The van der Waals surface area contributed by atoms with Gasteiger partial charge in [-0.05, 0) is 33.4 Å². The number of methoxy groups -OCH3 is 1. The molecule has 0 saturated heterocycles. The molecule has 0 aliphatic carbocycles. The molecular formula is C15H26N2O. The number of nitrogens with two attached hydrogens (primary N) is 1. The molecule has 1 aromatic carbocycles. The van der Waals surface area contributed by atoms with Gasteiger partial charge in [0.1, 0.15) is 5.75 Å². The zero-order valence-electron chi connectivity index (χ0n) is 12.2. The fourth-order valence-electron chi connectivity index (χ4n) is 1.88. The van der Waals surface area contributed by atoms with E-state index in [9.17, 15) is 0 Å². The number of ether oxygens (including phenoxy) is 1. The largest absolute Gasteiger partial charge is 0.496 e. The second-order valence-electron chi connectivity index (χ2n) is 5.39. The van der Waals surface area contributed by atoms with Gasteiger partial charge in [-0.1, -0.05) is 25.1 Å². The second-order valence-corrected chi connectivity index (χ2v) is 5.39. The van der Waals surface area contributed by atoms with E-state index in [1.807, 2.05) is 24.3 Å². The molecule has 0 radical (unpaired) electrons. The van der Waals surface area contributed by atoms with Gasteiger partial charge < -0.3 is 10.5 Å². The van der Waals surface area contributed by atoms with Crippen LogP contribution in [0.25, 0.3) is 0 Å². The van der Waals surface area contributed by atoms with Crippen molar-refractivity contribution in [2.45, 2.75) is 38.8 Å². The van der Waals surface area contributed by atoms with Gasteiger partial charge in [-0.3, -0.25) is 4.90 Å². The van der Waals surface area contributed by atoms with Gasteiger partial charge in [0.15, 0.2) is 0 Å². The highest BCUT2D eigenvalue weighted by atomic mass is 16.5. The SMILES string of the molecule is CCC(C)(C)N(C)CC(N)c1ccccc1OC. The van der Waals surface area contributed by atoms with Crippen LogP contribution >= 0.6 is 0 Å². The van der Waals surface area contributed by atoms with Crippen LogP contribution in [0.1, 0.15) is 38.8 Å². The van der Waals surface area contributed by atoms with Crippen LogP contribution in [0, 0.1) is 0 Å². The summed E-state index contributed by atoms with van der Waals surface area (Å²) in [5.41, 5.74) is 7.54. The van der Waals surface area contributed by atoms with E-state index in [1.165, 1.54) is 0 Å². The first-order chi connectivity index (χ1) is 8.42.